The van der Waals surface area contributed by atoms with Crippen LogP contribution < -0.4 is 4.72 Å². The molecule has 0 saturated carbocycles. The Balaban J connectivity index is 2.13. The Labute approximate surface area is 135 Å². The fourth-order valence-electron chi connectivity index (χ4n) is 1.80. The standard InChI is InChI=1S/C16H17ClN2O2S/c1-13-7-9-15(10-8-13)22(20,21)19-16(11-17)18-12-14-5-3-2-4-6-14/h2-10H,11-12H2,1H3,(H,18,19). The van der Waals surface area contributed by atoms with E-state index >= 15 is 0 Å². The molecule has 2 rings (SSSR count). The van der Waals surface area contributed by atoms with Crippen LogP contribution in [0.4, 0.5) is 0 Å². The summed E-state index contributed by atoms with van der Waals surface area (Å²) in [5.74, 6) is 0.226. The summed E-state index contributed by atoms with van der Waals surface area (Å²) in [5, 5.41) is 0. The van der Waals surface area contributed by atoms with Crippen LogP contribution in [0.5, 0.6) is 0 Å². The Morgan fingerprint density at radius 1 is 1.09 bits per heavy atom. The Morgan fingerprint density at radius 2 is 1.73 bits per heavy atom. The molecule has 1 N–H and O–H groups in total. The summed E-state index contributed by atoms with van der Waals surface area (Å²) in [6.07, 6.45) is 0. The van der Waals surface area contributed by atoms with Crippen molar-refractivity contribution >= 4 is 27.5 Å². The zero-order valence-electron chi connectivity index (χ0n) is 12.2. The number of sulfonamides is 1. The molecule has 2 aromatic carbocycles. The van der Waals surface area contributed by atoms with Crippen LogP contribution in [-0.4, -0.2) is 20.1 Å². The zero-order valence-corrected chi connectivity index (χ0v) is 13.7. The number of hydrogen-bond donors (Lipinski definition) is 1. The maximum Gasteiger partial charge on any atom is 0.262 e. The van der Waals surface area contributed by atoms with Crippen LogP contribution >= 0.6 is 11.6 Å². The molecule has 0 aliphatic heterocycles. The van der Waals surface area contributed by atoms with Crippen molar-refractivity contribution in [1.29, 1.82) is 0 Å². The van der Waals surface area contributed by atoms with Gasteiger partial charge in [0, 0.05) is 0 Å². The van der Waals surface area contributed by atoms with Crippen molar-refractivity contribution in [3.63, 3.8) is 0 Å². The zero-order chi connectivity index (χ0) is 16.0. The number of nitrogens with one attached hydrogen (secondary N) is 1. The molecule has 2 aromatic rings. The van der Waals surface area contributed by atoms with Crippen LogP contribution in [0.25, 0.3) is 0 Å². The van der Waals surface area contributed by atoms with Gasteiger partial charge in [0.2, 0.25) is 0 Å². The Hall–Kier alpha value is -1.85. The number of aryl methyl sites for hydroxylation is 1. The van der Waals surface area contributed by atoms with Crippen LogP contribution in [-0.2, 0) is 16.6 Å². The van der Waals surface area contributed by atoms with Gasteiger partial charge < -0.3 is 0 Å². The smallest absolute Gasteiger partial charge is 0.262 e. The third-order valence-electron chi connectivity index (χ3n) is 3.01. The van der Waals surface area contributed by atoms with Crippen LogP contribution in [0.2, 0.25) is 0 Å². The van der Waals surface area contributed by atoms with E-state index < -0.39 is 10.0 Å². The lowest BCUT2D eigenvalue weighted by atomic mass is 10.2. The summed E-state index contributed by atoms with van der Waals surface area (Å²) in [4.78, 5) is 4.43. The first kappa shape index (κ1) is 16.5. The van der Waals surface area contributed by atoms with Crippen LogP contribution in [0.1, 0.15) is 11.1 Å². The van der Waals surface area contributed by atoms with Gasteiger partial charge in [0.05, 0.1) is 17.3 Å². The minimum atomic E-state index is -3.66. The van der Waals surface area contributed by atoms with Gasteiger partial charge in [-0.3, -0.25) is 9.71 Å². The van der Waals surface area contributed by atoms with Gasteiger partial charge >= 0.3 is 0 Å². The van der Waals surface area contributed by atoms with Gasteiger partial charge in [0.25, 0.3) is 10.0 Å². The average Bonchev–Trinajstić information content (AvgIpc) is 2.52. The van der Waals surface area contributed by atoms with Crippen molar-refractivity contribution in [1.82, 2.24) is 4.72 Å². The molecule has 116 valence electrons. The summed E-state index contributed by atoms with van der Waals surface area (Å²) < 4.78 is 27.0. The summed E-state index contributed by atoms with van der Waals surface area (Å²) in [5.41, 5.74) is 1.98. The Bertz CT molecular complexity index is 741. The van der Waals surface area contributed by atoms with E-state index in [9.17, 15) is 8.42 Å². The molecule has 0 unspecified atom stereocenters. The first-order valence-corrected chi connectivity index (χ1v) is 8.76. The van der Waals surface area contributed by atoms with E-state index in [0.717, 1.165) is 11.1 Å². The van der Waals surface area contributed by atoms with Gasteiger partial charge in [-0.05, 0) is 24.6 Å². The minimum absolute atomic E-state index is 0.00206. The molecule has 0 bridgehead atoms. The first-order valence-electron chi connectivity index (χ1n) is 6.74. The molecule has 0 atom stereocenters. The van der Waals surface area contributed by atoms with E-state index in [1.165, 1.54) is 0 Å². The number of alkyl halides is 1. The predicted molar refractivity (Wildman–Crippen MR) is 89.8 cm³/mol. The molecule has 0 aliphatic carbocycles. The molecule has 6 heteroatoms. The highest BCUT2D eigenvalue weighted by molar-refractivity contribution is 7.90. The van der Waals surface area contributed by atoms with Crippen LogP contribution in [0.3, 0.4) is 0 Å². The van der Waals surface area contributed by atoms with Gasteiger partial charge in [0.1, 0.15) is 5.84 Å². The van der Waals surface area contributed by atoms with Crippen molar-refractivity contribution in [3.05, 3.63) is 65.7 Å². The molecule has 0 spiro atoms. The SMILES string of the molecule is Cc1ccc(S(=O)(=O)NC(CCl)=NCc2ccccc2)cc1. The lowest BCUT2D eigenvalue weighted by molar-refractivity contribution is 0.592. The number of amidine groups is 1. The molecule has 22 heavy (non-hydrogen) atoms. The van der Waals surface area contributed by atoms with Crippen LogP contribution in [0, 0.1) is 6.92 Å². The molecule has 0 radical (unpaired) electrons. The molecular formula is C16H17ClN2O2S. The number of rotatable bonds is 5. The molecule has 0 amide bonds. The quantitative estimate of drug-likeness (QED) is 0.518. The maximum absolute atomic E-state index is 12.3. The van der Waals surface area contributed by atoms with Gasteiger partial charge in [-0.1, -0.05) is 48.0 Å². The number of benzene rings is 2. The third kappa shape index (κ3) is 4.58. The molecule has 4 nitrogen and oxygen atoms in total. The van der Waals surface area contributed by atoms with Gasteiger partial charge in [-0.15, -0.1) is 11.6 Å². The van der Waals surface area contributed by atoms with Crippen molar-refractivity contribution < 1.29 is 8.42 Å². The highest BCUT2D eigenvalue weighted by Crippen LogP contribution is 2.10. The fraction of sp³-hybridized carbons (Fsp3) is 0.188. The van der Waals surface area contributed by atoms with Crippen molar-refractivity contribution in [3.8, 4) is 0 Å². The molecule has 0 heterocycles. The number of aliphatic imine (C=N–C) groups is 1. The van der Waals surface area contributed by atoms with Crippen molar-refractivity contribution in [2.75, 3.05) is 5.88 Å². The van der Waals surface area contributed by atoms with Gasteiger partial charge in [-0.2, -0.15) is 0 Å². The Morgan fingerprint density at radius 3 is 2.32 bits per heavy atom. The van der Waals surface area contributed by atoms with E-state index in [1.807, 2.05) is 37.3 Å². The summed E-state index contributed by atoms with van der Waals surface area (Å²) >= 11 is 5.79. The highest BCUT2D eigenvalue weighted by atomic mass is 35.5. The van der Waals surface area contributed by atoms with Gasteiger partial charge in [0.15, 0.2) is 0 Å². The summed E-state index contributed by atoms with van der Waals surface area (Å²) in [6, 6.07) is 16.2. The second-order valence-corrected chi connectivity index (χ2v) is 6.75. The normalized spacial score (nSPS) is 12.2. The van der Waals surface area contributed by atoms with E-state index in [4.69, 9.17) is 11.6 Å². The fourth-order valence-corrected chi connectivity index (χ4v) is 3.09. The lowest BCUT2D eigenvalue weighted by Gasteiger charge is -2.09. The van der Waals surface area contributed by atoms with Crippen molar-refractivity contribution in [2.24, 2.45) is 4.99 Å². The number of nitrogens with zero attached hydrogens (tertiary/aromatic N) is 1. The monoisotopic (exact) mass is 336 g/mol. The molecule has 0 saturated heterocycles. The lowest BCUT2D eigenvalue weighted by Crippen LogP contribution is -2.31. The molecule has 0 aliphatic rings. The largest absolute Gasteiger partial charge is 0.266 e. The van der Waals surface area contributed by atoms with E-state index in [0.29, 0.717) is 6.54 Å². The second-order valence-electron chi connectivity index (χ2n) is 4.80. The third-order valence-corrected chi connectivity index (χ3v) is 4.66. The molecular weight excluding hydrogens is 320 g/mol. The first-order chi connectivity index (χ1) is 10.5. The van der Waals surface area contributed by atoms with Crippen LogP contribution in [0.15, 0.2) is 64.5 Å². The minimum Gasteiger partial charge on any atom is -0.266 e. The van der Waals surface area contributed by atoms with E-state index in [1.54, 1.807) is 24.3 Å². The van der Waals surface area contributed by atoms with Crippen molar-refractivity contribution in [2.45, 2.75) is 18.4 Å². The van der Waals surface area contributed by atoms with Gasteiger partial charge in [-0.25, -0.2) is 8.42 Å². The maximum atomic E-state index is 12.3. The predicted octanol–water partition coefficient (Wildman–Crippen LogP) is 3.11. The summed E-state index contributed by atoms with van der Waals surface area (Å²) in [6.45, 7) is 2.27. The number of hydrogen-bond acceptors (Lipinski definition) is 3. The second kappa shape index (κ2) is 7.42. The highest BCUT2D eigenvalue weighted by Gasteiger charge is 2.15. The van der Waals surface area contributed by atoms with E-state index in [2.05, 4.69) is 9.71 Å². The topological polar surface area (TPSA) is 58.5 Å². The average molecular weight is 337 g/mol. The number of halogens is 1. The van der Waals surface area contributed by atoms with E-state index in [-0.39, 0.29) is 16.6 Å². The Kier molecular flexibility index (Phi) is 5.57. The summed E-state index contributed by atoms with van der Waals surface area (Å²) in [7, 11) is -3.66. The molecule has 0 fully saturated rings. The molecule has 0 aromatic heterocycles.